The van der Waals surface area contributed by atoms with Crippen LogP contribution in [-0.4, -0.2) is 34.5 Å². The maximum absolute atomic E-state index is 12.8. The standard InChI is InChI=1S/C26H36ClNO4/c1-18-8-7-13-26(4)23(32-26)17-21(20(27)16-19-9-5-6-15-28-19)31-24(30)12-14-25(2,3)22(29)11-10-18/h5-6,9,15-16,18,21,23H,7-8,10-14,17H2,1-4H3. The minimum atomic E-state index is -0.594. The Kier molecular flexibility index (Phi) is 8.16. The molecule has 3 heterocycles. The predicted octanol–water partition coefficient (Wildman–Crippen LogP) is 6.10. The molecule has 6 heteroatoms. The van der Waals surface area contributed by atoms with Crippen LogP contribution in [0.5, 0.6) is 0 Å². The third-order valence-electron chi connectivity index (χ3n) is 6.96. The molecular formula is C26H36ClNO4. The van der Waals surface area contributed by atoms with Crippen LogP contribution in [0.15, 0.2) is 29.4 Å². The van der Waals surface area contributed by atoms with Gasteiger partial charge >= 0.3 is 5.97 Å². The van der Waals surface area contributed by atoms with Gasteiger partial charge in [-0.15, -0.1) is 0 Å². The number of aromatic nitrogens is 1. The Morgan fingerprint density at radius 2 is 1.94 bits per heavy atom. The fraction of sp³-hybridized carbons (Fsp3) is 0.654. The lowest BCUT2D eigenvalue weighted by Crippen LogP contribution is -2.28. The Labute approximate surface area is 196 Å². The second kappa shape index (κ2) is 10.5. The van der Waals surface area contributed by atoms with E-state index in [0.717, 1.165) is 25.7 Å². The first-order valence-electron chi connectivity index (χ1n) is 11.8. The van der Waals surface area contributed by atoms with Crippen LogP contribution in [0.25, 0.3) is 6.08 Å². The summed E-state index contributed by atoms with van der Waals surface area (Å²) in [4.78, 5) is 29.8. The number of fused-ring (bicyclic) bond motifs is 1. The molecule has 0 amide bonds. The highest BCUT2D eigenvalue weighted by molar-refractivity contribution is 6.32. The third-order valence-corrected chi connectivity index (χ3v) is 7.31. The number of ether oxygens (including phenoxy) is 2. The average Bonchev–Trinajstić information content (AvgIpc) is 3.39. The van der Waals surface area contributed by atoms with Crippen LogP contribution in [0.1, 0.15) is 84.8 Å². The van der Waals surface area contributed by atoms with Crippen molar-refractivity contribution in [3.63, 3.8) is 0 Å². The van der Waals surface area contributed by atoms with Crippen LogP contribution >= 0.6 is 11.6 Å². The molecule has 176 valence electrons. The van der Waals surface area contributed by atoms with E-state index in [1.165, 1.54) is 0 Å². The number of hydrogen-bond acceptors (Lipinski definition) is 5. The van der Waals surface area contributed by atoms with Crippen molar-refractivity contribution in [1.82, 2.24) is 4.98 Å². The molecule has 0 radical (unpaired) electrons. The number of esters is 1. The molecule has 2 aliphatic rings. The second-order valence-corrected chi connectivity index (χ2v) is 10.7. The van der Waals surface area contributed by atoms with Crippen molar-refractivity contribution in [2.45, 2.75) is 96.9 Å². The zero-order chi connectivity index (χ0) is 23.4. The lowest BCUT2D eigenvalue weighted by atomic mass is 9.80. The van der Waals surface area contributed by atoms with Gasteiger partial charge in [0, 0.05) is 30.9 Å². The number of pyridine rings is 1. The van der Waals surface area contributed by atoms with Crippen molar-refractivity contribution in [3.05, 3.63) is 35.1 Å². The van der Waals surface area contributed by atoms with Gasteiger partial charge in [-0.3, -0.25) is 14.6 Å². The summed E-state index contributed by atoms with van der Waals surface area (Å²) in [5.74, 6) is 0.370. The molecule has 4 unspecified atom stereocenters. The Hall–Kier alpha value is -1.72. The Balaban J connectivity index is 1.77. The van der Waals surface area contributed by atoms with Crippen molar-refractivity contribution < 1.29 is 19.1 Å². The van der Waals surface area contributed by atoms with Crippen LogP contribution in [0.2, 0.25) is 0 Å². The van der Waals surface area contributed by atoms with Gasteiger partial charge in [0.2, 0.25) is 0 Å². The monoisotopic (exact) mass is 461 g/mol. The number of Topliss-reactive ketones (excluding diaryl/α,β-unsaturated/α-hetero) is 1. The van der Waals surface area contributed by atoms with E-state index < -0.39 is 11.5 Å². The van der Waals surface area contributed by atoms with E-state index in [1.54, 1.807) is 12.3 Å². The first-order valence-corrected chi connectivity index (χ1v) is 12.2. The van der Waals surface area contributed by atoms with Crippen LogP contribution in [0.3, 0.4) is 0 Å². The van der Waals surface area contributed by atoms with Crippen molar-refractivity contribution in [3.8, 4) is 0 Å². The predicted molar refractivity (Wildman–Crippen MR) is 126 cm³/mol. The number of carbonyl (C=O) groups is 2. The molecule has 0 N–H and O–H groups in total. The number of nitrogens with zero attached hydrogens (tertiary/aromatic N) is 1. The van der Waals surface area contributed by atoms with E-state index in [0.29, 0.717) is 35.9 Å². The molecule has 2 saturated heterocycles. The molecule has 5 nitrogen and oxygen atoms in total. The van der Waals surface area contributed by atoms with Gasteiger partial charge in [-0.25, -0.2) is 0 Å². The van der Waals surface area contributed by atoms with Crippen molar-refractivity contribution in [2.24, 2.45) is 11.3 Å². The van der Waals surface area contributed by atoms with E-state index >= 15 is 0 Å². The molecule has 0 aliphatic carbocycles. The van der Waals surface area contributed by atoms with E-state index in [1.807, 2.05) is 32.0 Å². The average molecular weight is 462 g/mol. The largest absolute Gasteiger partial charge is 0.456 e. The lowest BCUT2D eigenvalue weighted by Gasteiger charge is -2.25. The first kappa shape index (κ1) is 24.9. The summed E-state index contributed by atoms with van der Waals surface area (Å²) in [6.07, 6.45) is 8.54. The molecular weight excluding hydrogens is 426 g/mol. The maximum Gasteiger partial charge on any atom is 0.306 e. The molecule has 4 atom stereocenters. The molecule has 32 heavy (non-hydrogen) atoms. The molecule has 0 aromatic carbocycles. The lowest BCUT2D eigenvalue weighted by molar-refractivity contribution is -0.148. The number of epoxide rings is 1. The highest BCUT2D eigenvalue weighted by Crippen LogP contribution is 2.45. The second-order valence-electron chi connectivity index (χ2n) is 10.3. The van der Waals surface area contributed by atoms with Gasteiger partial charge in [-0.2, -0.15) is 0 Å². The van der Waals surface area contributed by atoms with Gasteiger partial charge in [0.1, 0.15) is 11.9 Å². The summed E-state index contributed by atoms with van der Waals surface area (Å²) in [7, 11) is 0. The van der Waals surface area contributed by atoms with Gasteiger partial charge in [-0.05, 0) is 50.3 Å². The van der Waals surface area contributed by atoms with Crippen LogP contribution in [-0.2, 0) is 19.1 Å². The highest BCUT2D eigenvalue weighted by Gasteiger charge is 2.52. The fourth-order valence-corrected chi connectivity index (χ4v) is 4.59. The zero-order valence-corrected chi connectivity index (χ0v) is 20.5. The minimum absolute atomic E-state index is 0.00686. The van der Waals surface area contributed by atoms with Crippen molar-refractivity contribution in [2.75, 3.05) is 0 Å². The van der Waals surface area contributed by atoms with E-state index in [2.05, 4.69) is 18.8 Å². The van der Waals surface area contributed by atoms with E-state index in [-0.39, 0.29) is 29.9 Å². The number of hydrogen-bond donors (Lipinski definition) is 0. The van der Waals surface area contributed by atoms with Gasteiger partial charge in [-0.1, -0.05) is 51.3 Å². The number of halogens is 1. The molecule has 2 aliphatic heterocycles. The van der Waals surface area contributed by atoms with E-state index in [9.17, 15) is 9.59 Å². The number of ketones is 1. The number of rotatable bonds is 2. The number of carbonyl (C=O) groups excluding carboxylic acids is 2. The maximum atomic E-state index is 12.8. The summed E-state index contributed by atoms with van der Waals surface area (Å²) in [5, 5.41) is 0.431. The molecule has 0 spiro atoms. The van der Waals surface area contributed by atoms with Crippen LogP contribution in [0, 0.1) is 11.3 Å². The smallest absolute Gasteiger partial charge is 0.306 e. The quantitative estimate of drug-likeness (QED) is 0.393. The van der Waals surface area contributed by atoms with Crippen LogP contribution < -0.4 is 0 Å². The van der Waals surface area contributed by atoms with Gasteiger partial charge in [0.15, 0.2) is 0 Å². The Morgan fingerprint density at radius 3 is 2.66 bits per heavy atom. The molecule has 0 bridgehead atoms. The normalized spacial score (nSPS) is 32.7. The van der Waals surface area contributed by atoms with Gasteiger partial charge in [0.05, 0.1) is 22.4 Å². The summed E-state index contributed by atoms with van der Waals surface area (Å²) in [5.41, 5.74) is -0.0423. The van der Waals surface area contributed by atoms with Crippen molar-refractivity contribution in [1.29, 1.82) is 0 Å². The molecule has 1 aromatic heterocycles. The fourth-order valence-electron chi connectivity index (χ4n) is 4.35. The molecule has 0 saturated carbocycles. The third kappa shape index (κ3) is 6.89. The van der Waals surface area contributed by atoms with Crippen molar-refractivity contribution >= 4 is 29.4 Å². The minimum Gasteiger partial charge on any atom is -0.456 e. The molecule has 3 rings (SSSR count). The van der Waals surface area contributed by atoms with Gasteiger partial charge < -0.3 is 9.47 Å². The zero-order valence-electron chi connectivity index (χ0n) is 19.7. The summed E-state index contributed by atoms with van der Waals surface area (Å²) >= 11 is 6.62. The van der Waals surface area contributed by atoms with Crippen LogP contribution in [0.4, 0.5) is 0 Å². The Bertz CT molecular complexity index is 837. The molecule has 1 aromatic rings. The molecule has 2 fully saturated rings. The summed E-state index contributed by atoms with van der Waals surface area (Å²) < 4.78 is 11.8. The topological polar surface area (TPSA) is 68.8 Å². The Morgan fingerprint density at radius 1 is 1.16 bits per heavy atom. The highest BCUT2D eigenvalue weighted by atomic mass is 35.5. The summed E-state index contributed by atoms with van der Waals surface area (Å²) in [6.45, 7) is 8.18. The first-order chi connectivity index (χ1) is 15.1. The summed E-state index contributed by atoms with van der Waals surface area (Å²) in [6, 6.07) is 5.58. The van der Waals surface area contributed by atoms with Gasteiger partial charge in [0.25, 0.3) is 0 Å². The SMILES string of the molecule is CC1CCCC2(C)OC2CC(C(Cl)=Cc2ccccn2)OC(=O)CCC(C)(C)C(=O)CC1. The van der Waals surface area contributed by atoms with E-state index in [4.69, 9.17) is 21.1 Å². The number of cyclic esters (lactones) is 1.